The van der Waals surface area contributed by atoms with Crippen molar-refractivity contribution in [2.24, 2.45) is 0 Å². The van der Waals surface area contributed by atoms with E-state index in [9.17, 15) is 0 Å². The first kappa shape index (κ1) is 16.0. The SMILES string of the molecule is Cc1cccc(OC/C=C/CN2CCOCC2)c1.Cl. The summed E-state index contributed by atoms with van der Waals surface area (Å²) in [6, 6.07) is 8.13. The Labute approximate surface area is 121 Å². The quantitative estimate of drug-likeness (QED) is 0.776. The summed E-state index contributed by atoms with van der Waals surface area (Å²) < 4.78 is 11.0. The fourth-order valence-electron chi connectivity index (χ4n) is 1.92. The van der Waals surface area contributed by atoms with Gasteiger partial charge in [-0.15, -0.1) is 12.4 Å². The zero-order valence-electron chi connectivity index (χ0n) is 11.4. The monoisotopic (exact) mass is 283 g/mol. The van der Waals surface area contributed by atoms with E-state index >= 15 is 0 Å². The minimum absolute atomic E-state index is 0. The molecule has 0 N–H and O–H groups in total. The summed E-state index contributed by atoms with van der Waals surface area (Å²) >= 11 is 0. The van der Waals surface area contributed by atoms with Crippen molar-refractivity contribution < 1.29 is 9.47 Å². The topological polar surface area (TPSA) is 21.7 Å². The molecule has 19 heavy (non-hydrogen) atoms. The lowest BCUT2D eigenvalue weighted by molar-refractivity contribution is 0.0434. The highest BCUT2D eigenvalue weighted by molar-refractivity contribution is 5.85. The third-order valence-electron chi connectivity index (χ3n) is 2.97. The number of nitrogens with zero attached hydrogens (tertiary/aromatic N) is 1. The number of rotatable bonds is 5. The Hall–Kier alpha value is -1.03. The third kappa shape index (κ3) is 6.10. The number of halogens is 1. The molecule has 0 bridgehead atoms. The van der Waals surface area contributed by atoms with Crippen LogP contribution >= 0.6 is 12.4 Å². The van der Waals surface area contributed by atoms with Gasteiger partial charge in [0.05, 0.1) is 13.2 Å². The van der Waals surface area contributed by atoms with Gasteiger partial charge in [0, 0.05) is 19.6 Å². The van der Waals surface area contributed by atoms with Crippen molar-refractivity contribution in [1.82, 2.24) is 4.90 Å². The second-order valence-electron chi connectivity index (χ2n) is 4.51. The molecule has 0 unspecified atom stereocenters. The molecule has 1 aliphatic heterocycles. The summed E-state index contributed by atoms with van der Waals surface area (Å²) in [7, 11) is 0. The lowest BCUT2D eigenvalue weighted by Gasteiger charge is -2.25. The van der Waals surface area contributed by atoms with Crippen molar-refractivity contribution in [3.63, 3.8) is 0 Å². The van der Waals surface area contributed by atoms with Gasteiger partial charge in [0.15, 0.2) is 0 Å². The van der Waals surface area contributed by atoms with Crippen LogP contribution < -0.4 is 4.74 Å². The predicted octanol–water partition coefficient (Wildman–Crippen LogP) is 2.68. The number of ether oxygens (including phenoxy) is 2. The predicted molar refractivity (Wildman–Crippen MR) is 80.3 cm³/mol. The fourth-order valence-corrected chi connectivity index (χ4v) is 1.92. The van der Waals surface area contributed by atoms with Crippen LogP contribution in [0, 0.1) is 6.92 Å². The van der Waals surface area contributed by atoms with Crippen LogP contribution in [0.3, 0.4) is 0 Å². The molecular formula is C15H22ClNO2. The molecule has 2 rings (SSSR count). The van der Waals surface area contributed by atoms with Gasteiger partial charge in [0.25, 0.3) is 0 Å². The highest BCUT2D eigenvalue weighted by atomic mass is 35.5. The molecule has 1 aromatic carbocycles. The van der Waals surface area contributed by atoms with Gasteiger partial charge in [0.1, 0.15) is 12.4 Å². The maximum absolute atomic E-state index is 5.65. The lowest BCUT2D eigenvalue weighted by Crippen LogP contribution is -2.36. The number of hydrogen-bond acceptors (Lipinski definition) is 3. The van der Waals surface area contributed by atoms with Gasteiger partial charge in [-0.3, -0.25) is 4.90 Å². The van der Waals surface area contributed by atoms with E-state index in [1.807, 2.05) is 12.1 Å². The molecule has 0 atom stereocenters. The molecular weight excluding hydrogens is 262 g/mol. The van der Waals surface area contributed by atoms with Crippen LogP contribution in [0.1, 0.15) is 5.56 Å². The van der Waals surface area contributed by atoms with Crippen LogP contribution in [0.5, 0.6) is 5.75 Å². The van der Waals surface area contributed by atoms with Gasteiger partial charge in [-0.2, -0.15) is 0 Å². The zero-order chi connectivity index (χ0) is 12.6. The summed E-state index contributed by atoms with van der Waals surface area (Å²) in [6.07, 6.45) is 4.25. The smallest absolute Gasteiger partial charge is 0.120 e. The third-order valence-corrected chi connectivity index (χ3v) is 2.97. The van der Waals surface area contributed by atoms with Gasteiger partial charge in [-0.25, -0.2) is 0 Å². The van der Waals surface area contributed by atoms with Crippen molar-refractivity contribution in [2.75, 3.05) is 39.5 Å². The van der Waals surface area contributed by atoms with Crippen molar-refractivity contribution in [1.29, 1.82) is 0 Å². The normalized spacial score (nSPS) is 16.3. The van der Waals surface area contributed by atoms with Crippen LogP contribution in [0.15, 0.2) is 36.4 Å². The van der Waals surface area contributed by atoms with E-state index in [1.54, 1.807) is 0 Å². The average Bonchev–Trinajstić information content (AvgIpc) is 2.40. The first-order chi connectivity index (χ1) is 8.84. The average molecular weight is 284 g/mol. The maximum Gasteiger partial charge on any atom is 0.120 e. The molecule has 0 aliphatic carbocycles. The van der Waals surface area contributed by atoms with Gasteiger partial charge in [-0.1, -0.05) is 24.3 Å². The molecule has 3 nitrogen and oxygen atoms in total. The maximum atomic E-state index is 5.65. The second kappa shape index (κ2) is 8.97. The van der Waals surface area contributed by atoms with E-state index < -0.39 is 0 Å². The summed E-state index contributed by atoms with van der Waals surface area (Å²) in [5.74, 6) is 0.936. The molecule has 1 saturated heterocycles. The highest BCUT2D eigenvalue weighted by Gasteiger charge is 2.07. The number of aryl methyl sites for hydroxylation is 1. The van der Waals surface area contributed by atoms with Crippen molar-refractivity contribution >= 4 is 12.4 Å². The lowest BCUT2D eigenvalue weighted by atomic mass is 10.2. The summed E-state index contributed by atoms with van der Waals surface area (Å²) in [5, 5.41) is 0. The Bertz CT molecular complexity index is 389. The fraction of sp³-hybridized carbons (Fsp3) is 0.467. The van der Waals surface area contributed by atoms with Gasteiger partial charge >= 0.3 is 0 Å². The molecule has 0 spiro atoms. The Morgan fingerprint density at radius 2 is 2.05 bits per heavy atom. The Morgan fingerprint density at radius 3 is 2.79 bits per heavy atom. The van der Waals surface area contributed by atoms with E-state index in [2.05, 4.69) is 36.1 Å². The Balaban J connectivity index is 0.00000180. The minimum atomic E-state index is 0. The number of hydrogen-bond donors (Lipinski definition) is 0. The largest absolute Gasteiger partial charge is 0.490 e. The molecule has 1 aliphatic rings. The molecule has 4 heteroatoms. The van der Waals surface area contributed by atoms with Crippen molar-refractivity contribution in [3.8, 4) is 5.75 Å². The second-order valence-corrected chi connectivity index (χ2v) is 4.51. The van der Waals surface area contributed by atoms with Crippen LogP contribution in [0.25, 0.3) is 0 Å². The van der Waals surface area contributed by atoms with E-state index in [0.717, 1.165) is 38.6 Å². The molecule has 1 heterocycles. The van der Waals surface area contributed by atoms with Crippen LogP contribution in [0.2, 0.25) is 0 Å². The van der Waals surface area contributed by atoms with Gasteiger partial charge in [0.2, 0.25) is 0 Å². The van der Waals surface area contributed by atoms with Crippen molar-refractivity contribution in [3.05, 3.63) is 42.0 Å². The number of benzene rings is 1. The number of morpholine rings is 1. The highest BCUT2D eigenvalue weighted by Crippen LogP contribution is 2.11. The van der Waals surface area contributed by atoms with Gasteiger partial charge in [-0.05, 0) is 24.6 Å². The van der Waals surface area contributed by atoms with Crippen LogP contribution in [-0.2, 0) is 4.74 Å². The van der Waals surface area contributed by atoms with Crippen molar-refractivity contribution in [2.45, 2.75) is 6.92 Å². The zero-order valence-corrected chi connectivity index (χ0v) is 12.2. The van der Waals surface area contributed by atoms with E-state index in [-0.39, 0.29) is 12.4 Å². The van der Waals surface area contributed by atoms with Crippen LogP contribution in [0.4, 0.5) is 0 Å². The molecule has 0 saturated carbocycles. The van der Waals surface area contributed by atoms with E-state index in [1.165, 1.54) is 5.56 Å². The minimum Gasteiger partial charge on any atom is -0.490 e. The van der Waals surface area contributed by atoms with E-state index in [0.29, 0.717) is 6.61 Å². The Kier molecular flexibility index (Phi) is 7.56. The first-order valence-electron chi connectivity index (χ1n) is 6.49. The summed E-state index contributed by atoms with van der Waals surface area (Å²) in [5.41, 5.74) is 1.23. The molecule has 0 radical (unpaired) electrons. The standard InChI is InChI=1S/C15H21NO2.ClH/c1-14-5-4-6-15(13-14)18-10-3-2-7-16-8-11-17-12-9-16;/h2-6,13H,7-12H2,1H3;1H/b3-2+;. The summed E-state index contributed by atoms with van der Waals surface area (Å²) in [6.45, 7) is 7.46. The summed E-state index contributed by atoms with van der Waals surface area (Å²) in [4.78, 5) is 2.38. The molecule has 0 amide bonds. The molecule has 1 fully saturated rings. The van der Waals surface area contributed by atoms with Gasteiger partial charge < -0.3 is 9.47 Å². The van der Waals surface area contributed by atoms with Crippen LogP contribution in [-0.4, -0.2) is 44.4 Å². The molecule has 0 aromatic heterocycles. The van der Waals surface area contributed by atoms with E-state index in [4.69, 9.17) is 9.47 Å². The molecule has 106 valence electrons. The first-order valence-corrected chi connectivity index (χ1v) is 6.49. The molecule has 1 aromatic rings. The Morgan fingerprint density at radius 1 is 1.26 bits per heavy atom.